The van der Waals surface area contributed by atoms with Crippen molar-refractivity contribution in [3.05, 3.63) is 22.5 Å². The molecule has 0 radical (unpaired) electrons. The second-order valence-corrected chi connectivity index (χ2v) is 3.73. The molecule has 80 valence electrons. The molecule has 0 aliphatic heterocycles. The molecule has 0 aromatic carbocycles. The van der Waals surface area contributed by atoms with E-state index in [1.807, 2.05) is 37.6 Å². The number of nitrogens with zero attached hydrogens (tertiary/aromatic N) is 5. The van der Waals surface area contributed by atoms with Gasteiger partial charge in [-0.05, 0) is 19.0 Å². The van der Waals surface area contributed by atoms with Crippen molar-refractivity contribution < 1.29 is 0 Å². The second kappa shape index (κ2) is 3.08. The molecule has 0 aliphatic carbocycles. The van der Waals surface area contributed by atoms with Crippen LogP contribution in [0.5, 0.6) is 0 Å². The Labute approximate surface area is 87.0 Å². The van der Waals surface area contributed by atoms with Gasteiger partial charge >= 0.3 is 0 Å². The van der Waals surface area contributed by atoms with Gasteiger partial charge in [0.15, 0.2) is 11.3 Å². The summed E-state index contributed by atoms with van der Waals surface area (Å²) in [6.45, 7) is 3.73. The first-order chi connectivity index (χ1) is 7.06. The fourth-order valence-electron chi connectivity index (χ4n) is 1.81. The van der Waals surface area contributed by atoms with Crippen LogP contribution in [0.1, 0.15) is 11.4 Å². The van der Waals surface area contributed by atoms with E-state index in [0.29, 0.717) is 11.3 Å². The predicted octanol–water partition coefficient (Wildman–Crippen LogP) is 1.35. The normalized spacial score (nSPS) is 10.9. The Bertz CT molecular complexity index is 522. The molecular weight excluding hydrogens is 194 g/mol. The van der Waals surface area contributed by atoms with Gasteiger partial charge in [-0.15, -0.1) is 4.91 Å². The highest BCUT2D eigenvalue weighted by Gasteiger charge is 2.17. The fraction of sp³-hybridized carbons (Fsp3) is 0.444. The van der Waals surface area contributed by atoms with Gasteiger partial charge in [-0.3, -0.25) is 0 Å². The van der Waals surface area contributed by atoms with Gasteiger partial charge in [0.25, 0.3) is 0 Å². The zero-order valence-electron chi connectivity index (χ0n) is 9.22. The maximum atomic E-state index is 10.8. The molecule has 0 aliphatic rings. The van der Waals surface area contributed by atoms with Gasteiger partial charge in [-0.25, -0.2) is 9.19 Å². The maximum Gasteiger partial charge on any atom is 0.184 e. The molecule has 2 aromatic rings. The van der Waals surface area contributed by atoms with Crippen LogP contribution in [0.25, 0.3) is 5.65 Å². The monoisotopic (exact) mass is 207 g/mol. The maximum absolute atomic E-state index is 10.8. The summed E-state index contributed by atoms with van der Waals surface area (Å²) in [6.07, 6.45) is 1.80. The zero-order chi connectivity index (χ0) is 11.2. The first-order valence-electron chi connectivity index (χ1n) is 4.64. The molecular formula is C9H13N5O. The topological polar surface area (TPSA) is 54.9 Å². The number of aryl methyl sites for hydroxylation is 2. The molecule has 0 saturated carbocycles. The Morgan fingerprint density at radius 2 is 2.07 bits per heavy atom. The lowest BCUT2D eigenvalue weighted by molar-refractivity contribution is 0.724. The van der Waals surface area contributed by atoms with E-state index in [9.17, 15) is 4.91 Å². The third-order valence-corrected chi connectivity index (χ3v) is 2.37. The average Bonchev–Trinajstić information content (AvgIpc) is 2.57. The molecule has 0 N–H and O–H groups in total. The van der Waals surface area contributed by atoms with Crippen LogP contribution in [0.15, 0.2) is 11.4 Å². The molecule has 0 spiro atoms. The standard InChI is InChI=1S/C9H13N5O/c1-6-5-13-9(8(6)11-15)14(12(3)4)7(2)10-13/h5H,1-4H3. The number of rotatable bonds is 2. The van der Waals surface area contributed by atoms with Crippen LogP contribution >= 0.6 is 0 Å². The lowest BCUT2D eigenvalue weighted by Crippen LogP contribution is -2.25. The van der Waals surface area contributed by atoms with E-state index < -0.39 is 0 Å². The van der Waals surface area contributed by atoms with Crippen molar-refractivity contribution in [3.8, 4) is 0 Å². The van der Waals surface area contributed by atoms with Gasteiger partial charge in [0.2, 0.25) is 0 Å². The molecule has 2 heterocycles. The smallest absolute Gasteiger partial charge is 0.184 e. The molecule has 2 aromatic heterocycles. The molecule has 0 bridgehead atoms. The average molecular weight is 207 g/mol. The van der Waals surface area contributed by atoms with E-state index >= 15 is 0 Å². The first-order valence-corrected chi connectivity index (χ1v) is 4.64. The summed E-state index contributed by atoms with van der Waals surface area (Å²) in [7, 11) is 3.79. The van der Waals surface area contributed by atoms with E-state index in [1.165, 1.54) is 0 Å². The minimum Gasteiger partial charge on any atom is -0.316 e. The highest BCUT2D eigenvalue weighted by Crippen LogP contribution is 2.27. The fourth-order valence-corrected chi connectivity index (χ4v) is 1.81. The molecule has 0 amide bonds. The van der Waals surface area contributed by atoms with Crippen molar-refractivity contribution in [1.29, 1.82) is 0 Å². The molecule has 0 atom stereocenters. The van der Waals surface area contributed by atoms with Crippen LogP contribution in [0.2, 0.25) is 0 Å². The van der Waals surface area contributed by atoms with Crippen molar-refractivity contribution in [2.75, 3.05) is 19.1 Å². The van der Waals surface area contributed by atoms with Gasteiger partial charge in [0.05, 0.1) is 0 Å². The highest BCUT2D eigenvalue weighted by molar-refractivity contribution is 5.70. The minimum absolute atomic E-state index is 0.448. The van der Waals surface area contributed by atoms with Crippen molar-refractivity contribution in [3.63, 3.8) is 0 Å². The lowest BCUT2D eigenvalue weighted by Gasteiger charge is -2.15. The van der Waals surface area contributed by atoms with Crippen LogP contribution in [0.4, 0.5) is 5.69 Å². The summed E-state index contributed by atoms with van der Waals surface area (Å²) in [6, 6.07) is 0. The van der Waals surface area contributed by atoms with E-state index in [0.717, 1.165) is 11.4 Å². The van der Waals surface area contributed by atoms with Crippen molar-refractivity contribution in [1.82, 2.24) is 14.3 Å². The van der Waals surface area contributed by atoms with E-state index in [-0.39, 0.29) is 0 Å². The Morgan fingerprint density at radius 1 is 1.40 bits per heavy atom. The third kappa shape index (κ3) is 1.21. The van der Waals surface area contributed by atoms with Crippen LogP contribution in [-0.4, -0.2) is 28.4 Å². The molecule has 6 heteroatoms. The first kappa shape index (κ1) is 9.70. The second-order valence-electron chi connectivity index (χ2n) is 3.73. The number of hydrogen-bond acceptors (Lipinski definition) is 4. The Balaban J connectivity index is 2.87. The number of aromatic nitrogens is 3. The van der Waals surface area contributed by atoms with Gasteiger partial charge in [0.1, 0.15) is 5.82 Å². The van der Waals surface area contributed by atoms with Gasteiger partial charge in [0, 0.05) is 25.9 Å². The molecule has 0 saturated heterocycles. The molecule has 0 fully saturated rings. The molecule has 15 heavy (non-hydrogen) atoms. The molecule has 0 unspecified atom stereocenters. The zero-order valence-corrected chi connectivity index (χ0v) is 9.22. The Hall–Kier alpha value is -1.85. The molecule has 2 rings (SSSR count). The van der Waals surface area contributed by atoms with E-state index in [1.54, 1.807) is 10.7 Å². The number of fused-ring (bicyclic) bond motifs is 1. The number of hydrogen-bond donors (Lipinski definition) is 0. The lowest BCUT2D eigenvalue weighted by atomic mass is 10.3. The largest absolute Gasteiger partial charge is 0.316 e. The van der Waals surface area contributed by atoms with Crippen LogP contribution < -0.4 is 5.01 Å². The summed E-state index contributed by atoms with van der Waals surface area (Å²) >= 11 is 0. The van der Waals surface area contributed by atoms with Crippen molar-refractivity contribution >= 4 is 11.3 Å². The highest BCUT2D eigenvalue weighted by atomic mass is 16.3. The van der Waals surface area contributed by atoms with Crippen LogP contribution in [-0.2, 0) is 0 Å². The predicted molar refractivity (Wildman–Crippen MR) is 58.2 cm³/mol. The van der Waals surface area contributed by atoms with Gasteiger partial charge in [-0.2, -0.15) is 5.10 Å². The quantitative estimate of drug-likeness (QED) is 0.698. The summed E-state index contributed by atoms with van der Waals surface area (Å²) in [5.74, 6) is 0.819. The SMILES string of the molecule is Cc1cn2nc(C)n(N(C)C)c2c1N=O. The third-order valence-electron chi connectivity index (χ3n) is 2.37. The summed E-state index contributed by atoms with van der Waals surface area (Å²) in [5.41, 5.74) is 2.00. The van der Waals surface area contributed by atoms with Crippen molar-refractivity contribution in [2.24, 2.45) is 5.18 Å². The van der Waals surface area contributed by atoms with Gasteiger partial charge < -0.3 is 5.01 Å². The van der Waals surface area contributed by atoms with Crippen LogP contribution in [0.3, 0.4) is 0 Å². The summed E-state index contributed by atoms with van der Waals surface area (Å²) in [5, 5.41) is 9.23. The molecule has 6 nitrogen and oxygen atoms in total. The number of nitroso groups, excluding NO2 is 1. The summed E-state index contributed by atoms with van der Waals surface area (Å²) < 4.78 is 3.53. The van der Waals surface area contributed by atoms with E-state index in [4.69, 9.17) is 0 Å². The van der Waals surface area contributed by atoms with E-state index in [2.05, 4.69) is 10.3 Å². The van der Waals surface area contributed by atoms with Crippen LogP contribution in [0, 0.1) is 18.8 Å². The van der Waals surface area contributed by atoms with Gasteiger partial charge in [-0.1, -0.05) is 0 Å². The Kier molecular flexibility index (Phi) is 1.99. The Morgan fingerprint density at radius 3 is 2.60 bits per heavy atom. The van der Waals surface area contributed by atoms with Crippen molar-refractivity contribution in [2.45, 2.75) is 13.8 Å². The minimum atomic E-state index is 0.448. The summed E-state index contributed by atoms with van der Waals surface area (Å²) in [4.78, 5) is 10.8.